The number of hydrogen-bond donors (Lipinski definition) is 2. The van der Waals surface area contributed by atoms with Crippen LogP contribution in [0.2, 0.25) is 0 Å². The van der Waals surface area contributed by atoms with Crippen molar-refractivity contribution < 1.29 is 23.9 Å². The second-order valence-corrected chi connectivity index (χ2v) is 9.95. The predicted octanol–water partition coefficient (Wildman–Crippen LogP) is 3.37. The van der Waals surface area contributed by atoms with E-state index in [1.54, 1.807) is 6.92 Å². The summed E-state index contributed by atoms with van der Waals surface area (Å²) in [7, 11) is 0. The predicted molar refractivity (Wildman–Crippen MR) is 111 cm³/mol. The largest absolute Gasteiger partial charge is 0.462 e. The lowest BCUT2D eigenvalue weighted by atomic mass is 9.81. The maximum absolute atomic E-state index is 12.7. The molecule has 0 saturated heterocycles. The molecule has 8 heteroatoms. The Morgan fingerprint density at radius 3 is 2.45 bits per heavy atom. The highest BCUT2D eigenvalue weighted by Gasteiger charge is 2.42. The maximum Gasteiger partial charge on any atom is 0.341 e. The van der Waals surface area contributed by atoms with E-state index in [2.05, 4.69) is 38.3 Å². The zero-order valence-electron chi connectivity index (χ0n) is 17.8. The number of thiophene rings is 1. The van der Waals surface area contributed by atoms with Crippen molar-refractivity contribution in [2.24, 2.45) is 5.92 Å². The number of nitrogens with one attached hydrogen (secondary N) is 2. The summed E-state index contributed by atoms with van der Waals surface area (Å²) in [6.45, 7) is 9.94. The van der Waals surface area contributed by atoms with Crippen LogP contribution < -0.4 is 10.6 Å². The summed E-state index contributed by atoms with van der Waals surface area (Å²) < 4.78 is 10.4. The highest BCUT2D eigenvalue weighted by atomic mass is 32.1. The first-order valence-corrected chi connectivity index (χ1v) is 10.9. The molecule has 0 spiro atoms. The van der Waals surface area contributed by atoms with Gasteiger partial charge in [-0.1, -0.05) is 6.42 Å². The third kappa shape index (κ3) is 4.64. The van der Waals surface area contributed by atoms with Gasteiger partial charge in [0.25, 0.3) is 5.91 Å². The first-order chi connectivity index (χ1) is 13.5. The van der Waals surface area contributed by atoms with Gasteiger partial charge >= 0.3 is 11.9 Å². The van der Waals surface area contributed by atoms with Crippen LogP contribution in [0.3, 0.4) is 0 Å². The number of fused-ring (bicyclic) bond motifs is 1. The molecule has 0 atom stereocenters. The Kier molecular flexibility index (Phi) is 6.06. The van der Waals surface area contributed by atoms with Crippen LogP contribution in [0.1, 0.15) is 74.7 Å². The van der Waals surface area contributed by atoms with E-state index in [1.807, 2.05) is 0 Å². The van der Waals surface area contributed by atoms with Crippen LogP contribution in [0.15, 0.2) is 0 Å². The van der Waals surface area contributed by atoms with Gasteiger partial charge in [0.2, 0.25) is 0 Å². The van der Waals surface area contributed by atoms with Crippen molar-refractivity contribution in [3.8, 4) is 0 Å². The summed E-state index contributed by atoms with van der Waals surface area (Å²) in [4.78, 5) is 38.0. The molecule has 1 aromatic rings. The Hall–Kier alpha value is -1.93. The minimum atomic E-state index is -0.452. The van der Waals surface area contributed by atoms with Crippen molar-refractivity contribution in [2.45, 2.75) is 71.4 Å². The molecule has 7 nitrogen and oxygen atoms in total. The van der Waals surface area contributed by atoms with Crippen molar-refractivity contribution in [1.82, 2.24) is 5.32 Å². The molecule has 2 heterocycles. The zero-order valence-corrected chi connectivity index (χ0v) is 18.6. The molecule has 2 N–H and O–H groups in total. The molecule has 1 amide bonds. The van der Waals surface area contributed by atoms with Crippen molar-refractivity contribution in [2.75, 3.05) is 18.5 Å². The SMILES string of the molecule is CCOC(=O)c1c(NC(=O)COC(=O)C2CCC2)sc2c1CC(C)(C)NC2(C)C. The molecule has 1 aliphatic carbocycles. The topological polar surface area (TPSA) is 93.7 Å². The van der Waals surface area contributed by atoms with E-state index in [0.717, 1.165) is 29.7 Å². The van der Waals surface area contributed by atoms with Gasteiger partial charge in [-0.15, -0.1) is 11.3 Å². The van der Waals surface area contributed by atoms with Crippen LogP contribution >= 0.6 is 11.3 Å². The van der Waals surface area contributed by atoms with E-state index < -0.39 is 11.9 Å². The fourth-order valence-electron chi connectivity index (χ4n) is 4.10. The van der Waals surface area contributed by atoms with Gasteiger partial charge in [0, 0.05) is 16.0 Å². The monoisotopic (exact) mass is 422 g/mol. The van der Waals surface area contributed by atoms with Crippen molar-refractivity contribution in [3.05, 3.63) is 16.0 Å². The van der Waals surface area contributed by atoms with E-state index in [1.165, 1.54) is 11.3 Å². The number of amides is 1. The lowest BCUT2D eigenvalue weighted by molar-refractivity contribution is -0.154. The maximum atomic E-state index is 12.7. The molecule has 1 aliphatic heterocycles. The standard InChI is InChI=1S/C21H30N2O5S/c1-6-27-19(26)15-13-10-20(2,3)23-21(4,5)16(13)29-17(15)22-14(24)11-28-18(25)12-8-7-9-12/h12,23H,6-11H2,1-5H3,(H,22,24). The summed E-state index contributed by atoms with van der Waals surface area (Å²) in [5, 5.41) is 6.82. The summed E-state index contributed by atoms with van der Waals surface area (Å²) in [5.74, 6) is -1.30. The van der Waals surface area contributed by atoms with E-state index in [4.69, 9.17) is 9.47 Å². The molecule has 2 aliphatic rings. The lowest BCUT2D eigenvalue weighted by Crippen LogP contribution is -2.55. The number of carbonyl (C=O) groups is 3. The van der Waals surface area contributed by atoms with Crippen LogP contribution in [0, 0.1) is 5.92 Å². The Balaban J connectivity index is 1.84. The molecule has 1 saturated carbocycles. The number of rotatable bonds is 6. The van der Waals surface area contributed by atoms with Gasteiger partial charge in [0.1, 0.15) is 5.00 Å². The van der Waals surface area contributed by atoms with Gasteiger partial charge in [0.15, 0.2) is 6.61 Å². The molecule has 0 bridgehead atoms. The molecule has 1 fully saturated rings. The summed E-state index contributed by atoms with van der Waals surface area (Å²) in [5.41, 5.74) is 0.748. The molecule has 0 radical (unpaired) electrons. The zero-order chi connectivity index (χ0) is 21.4. The average molecular weight is 423 g/mol. The fraction of sp³-hybridized carbons (Fsp3) is 0.667. The summed E-state index contributed by atoms with van der Waals surface area (Å²) in [6.07, 6.45) is 3.31. The highest BCUT2D eigenvalue weighted by Crippen LogP contribution is 2.45. The van der Waals surface area contributed by atoms with Gasteiger partial charge in [0.05, 0.1) is 18.1 Å². The third-order valence-corrected chi connectivity index (χ3v) is 6.83. The van der Waals surface area contributed by atoms with Crippen molar-refractivity contribution in [3.63, 3.8) is 0 Å². The Labute approximate surface area is 175 Å². The average Bonchev–Trinajstić information content (AvgIpc) is 2.88. The van der Waals surface area contributed by atoms with Gasteiger partial charge in [-0.25, -0.2) is 4.79 Å². The highest BCUT2D eigenvalue weighted by molar-refractivity contribution is 7.17. The number of anilines is 1. The van der Waals surface area contributed by atoms with Gasteiger partial charge in [-0.3, -0.25) is 9.59 Å². The fourth-order valence-corrected chi connectivity index (χ4v) is 5.38. The third-order valence-electron chi connectivity index (χ3n) is 5.36. The Morgan fingerprint density at radius 1 is 1.17 bits per heavy atom. The minimum absolute atomic E-state index is 0.0824. The molecule has 0 unspecified atom stereocenters. The molecular formula is C21H30N2O5S. The first-order valence-electron chi connectivity index (χ1n) is 10.1. The molecule has 160 valence electrons. The molecule has 1 aromatic heterocycles. The summed E-state index contributed by atoms with van der Waals surface area (Å²) in [6, 6.07) is 0. The quantitative estimate of drug-likeness (QED) is 0.683. The first kappa shape index (κ1) is 21.8. The van der Waals surface area contributed by atoms with E-state index >= 15 is 0 Å². The van der Waals surface area contributed by atoms with Crippen LogP contribution in [-0.2, 0) is 31.0 Å². The normalized spacial score (nSPS) is 19.6. The smallest absolute Gasteiger partial charge is 0.341 e. The minimum Gasteiger partial charge on any atom is -0.462 e. The second-order valence-electron chi connectivity index (χ2n) is 8.93. The number of esters is 2. The van der Waals surface area contributed by atoms with E-state index in [9.17, 15) is 14.4 Å². The number of carbonyl (C=O) groups excluding carboxylic acids is 3. The number of hydrogen-bond acceptors (Lipinski definition) is 7. The van der Waals surface area contributed by atoms with Gasteiger partial charge in [-0.05, 0) is 59.4 Å². The molecule has 0 aromatic carbocycles. The van der Waals surface area contributed by atoms with Crippen LogP contribution in [0.25, 0.3) is 0 Å². The Morgan fingerprint density at radius 2 is 1.86 bits per heavy atom. The van der Waals surface area contributed by atoms with E-state index in [-0.39, 0.29) is 36.2 Å². The van der Waals surface area contributed by atoms with Crippen LogP contribution in [-0.4, -0.2) is 36.6 Å². The Bertz CT molecular complexity index is 823. The van der Waals surface area contributed by atoms with Gasteiger partial charge < -0.3 is 20.1 Å². The second kappa shape index (κ2) is 8.07. The van der Waals surface area contributed by atoms with Crippen molar-refractivity contribution >= 4 is 34.2 Å². The molecular weight excluding hydrogens is 392 g/mol. The summed E-state index contributed by atoms with van der Waals surface area (Å²) >= 11 is 1.37. The van der Waals surface area contributed by atoms with Crippen molar-refractivity contribution in [1.29, 1.82) is 0 Å². The molecule has 29 heavy (non-hydrogen) atoms. The van der Waals surface area contributed by atoms with Crippen LogP contribution in [0.4, 0.5) is 5.00 Å². The van der Waals surface area contributed by atoms with Gasteiger partial charge in [-0.2, -0.15) is 0 Å². The van der Waals surface area contributed by atoms with E-state index in [0.29, 0.717) is 17.0 Å². The lowest BCUT2D eigenvalue weighted by Gasteiger charge is -2.42. The van der Waals surface area contributed by atoms with Crippen LogP contribution in [0.5, 0.6) is 0 Å². The molecule has 3 rings (SSSR count). The number of ether oxygens (including phenoxy) is 2.